The van der Waals surface area contributed by atoms with Gasteiger partial charge in [-0.3, -0.25) is 14.5 Å². The molecule has 5 nitrogen and oxygen atoms in total. The first-order valence-electron chi connectivity index (χ1n) is 6.15. The quantitative estimate of drug-likeness (QED) is 0.654. The summed E-state index contributed by atoms with van der Waals surface area (Å²) >= 11 is 0. The van der Waals surface area contributed by atoms with Crippen LogP contribution >= 0.6 is 0 Å². The fourth-order valence-electron chi connectivity index (χ4n) is 2.29. The van der Waals surface area contributed by atoms with Crippen molar-refractivity contribution < 1.29 is 24.2 Å². The summed E-state index contributed by atoms with van der Waals surface area (Å²) in [6, 6.07) is 8.19. The molecule has 0 saturated heterocycles. The van der Waals surface area contributed by atoms with Crippen LogP contribution in [-0.2, 0) is 6.54 Å². The van der Waals surface area contributed by atoms with E-state index >= 15 is 0 Å². The summed E-state index contributed by atoms with van der Waals surface area (Å²) < 4.78 is 13.6. The Morgan fingerprint density at radius 3 is 2.43 bits per heavy atom. The van der Waals surface area contributed by atoms with Crippen LogP contribution in [0.4, 0.5) is 4.39 Å². The van der Waals surface area contributed by atoms with Crippen molar-refractivity contribution in [2.75, 3.05) is 0 Å². The second-order valence-electron chi connectivity index (χ2n) is 4.64. The smallest absolute Gasteiger partial charge is 0.265 e. The first kappa shape index (κ1) is 13.1. The molecule has 0 aromatic heterocycles. The normalized spacial score (nSPS) is 13.7. The summed E-state index contributed by atoms with van der Waals surface area (Å²) in [5, 5.41) is 19.1. The standard InChI is InChI=1S/C15H10FNO4/c16-10-4-2-1-3-8(10)7-17-14(20)9-5-6-11(18)13(19)12(9)15(17)21/h1-6,18-19H,7H2. The number of phenolic OH excluding ortho intramolecular Hbond substituents is 2. The maximum absolute atomic E-state index is 13.6. The zero-order valence-corrected chi connectivity index (χ0v) is 10.7. The molecule has 106 valence electrons. The second kappa shape index (κ2) is 4.59. The number of carbonyl (C=O) groups excluding carboxylic acids is 2. The maximum atomic E-state index is 13.6. The Morgan fingerprint density at radius 2 is 1.71 bits per heavy atom. The Labute approximate surface area is 118 Å². The number of phenols is 2. The van der Waals surface area contributed by atoms with Gasteiger partial charge in [0, 0.05) is 5.56 Å². The molecule has 0 atom stereocenters. The first-order chi connectivity index (χ1) is 10.0. The van der Waals surface area contributed by atoms with Crippen LogP contribution in [0.3, 0.4) is 0 Å². The Hall–Kier alpha value is -2.89. The lowest BCUT2D eigenvalue weighted by Crippen LogP contribution is -2.29. The highest BCUT2D eigenvalue weighted by molar-refractivity contribution is 6.22. The molecule has 2 aromatic rings. The molecule has 2 aromatic carbocycles. The molecular weight excluding hydrogens is 277 g/mol. The highest BCUT2D eigenvalue weighted by Crippen LogP contribution is 2.37. The molecule has 0 saturated carbocycles. The molecule has 0 unspecified atom stereocenters. The first-order valence-corrected chi connectivity index (χ1v) is 6.15. The number of fused-ring (bicyclic) bond motifs is 1. The van der Waals surface area contributed by atoms with Crippen LogP contribution in [-0.4, -0.2) is 26.9 Å². The van der Waals surface area contributed by atoms with E-state index in [1.54, 1.807) is 6.07 Å². The highest BCUT2D eigenvalue weighted by atomic mass is 19.1. The van der Waals surface area contributed by atoms with Gasteiger partial charge >= 0.3 is 0 Å². The molecular formula is C15H10FNO4. The van der Waals surface area contributed by atoms with Gasteiger partial charge in [0.15, 0.2) is 11.5 Å². The summed E-state index contributed by atoms with van der Waals surface area (Å²) in [5.74, 6) is -3.04. The molecule has 21 heavy (non-hydrogen) atoms. The van der Waals surface area contributed by atoms with E-state index in [9.17, 15) is 24.2 Å². The number of benzene rings is 2. The van der Waals surface area contributed by atoms with Crippen LogP contribution in [0.5, 0.6) is 11.5 Å². The zero-order chi connectivity index (χ0) is 15.1. The largest absolute Gasteiger partial charge is 0.504 e. The fraction of sp³-hybridized carbons (Fsp3) is 0.0667. The lowest BCUT2D eigenvalue weighted by atomic mass is 10.1. The average Bonchev–Trinajstić information content (AvgIpc) is 2.70. The Morgan fingerprint density at radius 1 is 1.00 bits per heavy atom. The van der Waals surface area contributed by atoms with Crippen molar-refractivity contribution in [1.82, 2.24) is 4.90 Å². The molecule has 3 rings (SSSR count). The van der Waals surface area contributed by atoms with Gasteiger partial charge in [-0.1, -0.05) is 18.2 Å². The number of hydrogen-bond acceptors (Lipinski definition) is 4. The minimum atomic E-state index is -0.758. The SMILES string of the molecule is O=C1c2ccc(O)c(O)c2C(=O)N1Cc1ccccc1F. The fourth-order valence-corrected chi connectivity index (χ4v) is 2.29. The van der Waals surface area contributed by atoms with E-state index in [0.717, 1.165) is 11.0 Å². The number of hydrogen-bond donors (Lipinski definition) is 2. The monoisotopic (exact) mass is 287 g/mol. The average molecular weight is 287 g/mol. The predicted octanol–water partition coefficient (Wildman–Crippen LogP) is 2.03. The number of amides is 2. The minimum Gasteiger partial charge on any atom is -0.504 e. The number of halogens is 1. The van der Waals surface area contributed by atoms with Crippen LogP contribution in [0.15, 0.2) is 36.4 Å². The van der Waals surface area contributed by atoms with E-state index in [2.05, 4.69) is 0 Å². The van der Waals surface area contributed by atoms with Gasteiger partial charge < -0.3 is 10.2 Å². The number of rotatable bonds is 2. The van der Waals surface area contributed by atoms with Gasteiger partial charge in [0.25, 0.3) is 11.8 Å². The summed E-state index contributed by atoms with van der Waals surface area (Å²) in [4.78, 5) is 25.2. The molecule has 1 heterocycles. The lowest BCUT2D eigenvalue weighted by molar-refractivity contribution is 0.0640. The zero-order valence-electron chi connectivity index (χ0n) is 10.7. The Kier molecular flexibility index (Phi) is 2.86. The van der Waals surface area contributed by atoms with Crippen molar-refractivity contribution >= 4 is 11.8 Å². The minimum absolute atomic E-state index is 0.00774. The molecule has 2 amide bonds. The van der Waals surface area contributed by atoms with E-state index in [0.29, 0.717) is 0 Å². The number of nitrogens with zero attached hydrogens (tertiary/aromatic N) is 1. The van der Waals surface area contributed by atoms with Crippen molar-refractivity contribution in [2.45, 2.75) is 6.54 Å². The molecule has 0 fully saturated rings. The summed E-state index contributed by atoms with van der Waals surface area (Å²) in [6.45, 7) is -0.237. The van der Waals surface area contributed by atoms with E-state index in [-0.39, 0.29) is 23.2 Å². The third-order valence-electron chi connectivity index (χ3n) is 3.38. The summed E-state index contributed by atoms with van der Waals surface area (Å²) in [5.41, 5.74) is -0.0707. The van der Waals surface area contributed by atoms with Crippen molar-refractivity contribution in [1.29, 1.82) is 0 Å². The van der Waals surface area contributed by atoms with Gasteiger partial charge in [0.2, 0.25) is 0 Å². The Bertz CT molecular complexity index is 772. The third-order valence-corrected chi connectivity index (χ3v) is 3.38. The predicted molar refractivity (Wildman–Crippen MR) is 70.4 cm³/mol. The molecule has 2 N–H and O–H groups in total. The van der Waals surface area contributed by atoms with Gasteiger partial charge in [0.1, 0.15) is 5.82 Å². The number of aromatic hydroxyl groups is 2. The topological polar surface area (TPSA) is 77.8 Å². The summed E-state index contributed by atoms with van der Waals surface area (Å²) in [7, 11) is 0. The van der Waals surface area contributed by atoms with Gasteiger partial charge in [-0.05, 0) is 18.2 Å². The van der Waals surface area contributed by atoms with Gasteiger partial charge in [-0.25, -0.2) is 4.39 Å². The highest BCUT2D eigenvalue weighted by Gasteiger charge is 2.39. The van der Waals surface area contributed by atoms with Crippen molar-refractivity contribution in [2.24, 2.45) is 0 Å². The molecule has 1 aliphatic heterocycles. The van der Waals surface area contributed by atoms with E-state index in [1.165, 1.54) is 24.3 Å². The van der Waals surface area contributed by atoms with E-state index in [4.69, 9.17) is 0 Å². The van der Waals surface area contributed by atoms with E-state index < -0.39 is 29.1 Å². The molecule has 0 aliphatic carbocycles. The van der Waals surface area contributed by atoms with Crippen molar-refractivity contribution in [3.63, 3.8) is 0 Å². The summed E-state index contributed by atoms with van der Waals surface area (Å²) in [6.07, 6.45) is 0. The maximum Gasteiger partial charge on any atom is 0.265 e. The van der Waals surface area contributed by atoms with Crippen molar-refractivity contribution in [3.8, 4) is 11.5 Å². The van der Waals surface area contributed by atoms with Crippen LogP contribution in [0.25, 0.3) is 0 Å². The van der Waals surface area contributed by atoms with Crippen molar-refractivity contribution in [3.05, 3.63) is 58.9 Å². The van der Waals surface area contributed by atoms with Gasteiger partial charge in [0.05, 0.1) is 17.7 Å². The second-order valence-corrected chi connectivity index (χ2v) is 4.64. The van der Waals surface area contributed by atoms with Crippen LogP contribution < -0.4 is 0 Å². The molecule has 0 radical (unpaired) electrons. The molecule has 0 spiro atoms. The molecule has 1 aliphatic rings. The van der Waals surface area contributed by atoms with E-state index in [1.807, 2.05) is 0 Å². The molecule has 6 heteroatoms. The lowest BCUT2D eigenvalue weighted by Gasteiger charge is -2.14. The van der Waals surface area contributed by atoms with Gasteiger partial charge in [-0.15, -0.1) is 0 Å². The van der Waals surface area contributed by atoms with Crippen LogP contribution in [0.1, 0.15) is 26.3 Å². The number of carbonyl (C=O) groups is 2. The number of imide groups is 1. The van der Waals surface area contributed by atoms with Crippen LogP contribution in [0.2, 0.25) is 0 Å². The van der Waals surface area contributed by atoms with Gasteiger partial charge in [-0.2, -0.15) is 0 Å². The molecule has 0 bridgehead atoms. The third kappa shape index (κ3) is 1.92. The Balaban J connectivity index is 2.01. The van der Waals surface area contributed by atoms with Crippen LogP contribution in [0, 0.1) is 5.82 Å².